The van der Waals surface area contributed by atoms with Crippen molar-refractivity contribution in [3.05, 3.63) is 137 Å². The Balaban J connectivity index is 1.31. The maximum Gasteiger partial charge on any atom is 0.429 e. The van der Waals surface area contributed by atoms with Gasteiger partial charge in [0.15, 0.2) is 0 Å². The van der Waals surface area contributed by atoms with E-state index in [1.54, 1.807) is 0 Å². The Morgan fingerprint density at radius 2 is 1.13 bits per heavy atom. The lowest BCUT2D eigenvalue weighted by molar-refractivity contribution is -0.187. The molecule has 0 aromatic heterocycles. The Bertz CT molecular complexity index is 1860. The van der Waals surface area contributed by atoms with Gasteiger partial charge in [-0.25, -0.2) is 30.7 Å². The first-order chi connectivity index (χ1) is 22.4. The number of ether oxygens (including phenoxy) is 1. The van der Waals surface area contributed by atoms with Gasteiger partial charge in [0.25, 0.3) is 6.43 Å². The highest BCUT2D eigenvalue weighted by Gasteiger charge is 2.37. The predicted octanol–water partition coefficient (Wildman–Crippen LogP) is 12.2. The summed E-state index contributed by atoms with van der Waals surface area (Å²) in [5, 5.41) is 0. The second kappa shape index (κ2) is 13.9. The minimum Gasteiger partial charge on any atom is -0.429 e. The summed E-state index contributed by atoms with van der Waals surface area (Å²) in [4.78, 5) is 0. The second-order valence-electron chi connectivity index (χ2n) is 11.0. The molecule has 5 rings (SSSR count). The molecule has 47 heavy (non-hydrogen) atoms. The molecule has 0 spiro atoms. The highest BCUT2D eigenvalue weighted by molar-refractivity contribution is 5.74. The van der Waals surface area contributed by atoms with Gasteiger partial charge in [0.05, 0.1) is 11.1 Å². The van der Waals surface area contributed by atoms with Crippen molar-refractivity contribution in [2.45, 2.75) is 45.1 Å². The molecule has 0 fully saturated rings. The van der Waals surface area contributed by atoms with E-state index in [1.165, 1.54) is 48.5 Å². The average molecular weight is 659 g/mol. The molecule has 1 nitrogen and oxygen atoms in total. The first-order valence-corrected chi connectivity index (χ1v) is 14.7. The van der Waals surface area contributed by atoms with Crippen molar-refractivity contribution in [1.82, 2.24) is 0 Å². The second-order valence-corrected chi connectivity index (χ2v) is 11.0. The average Bonchev–Trinajstić information content (AvgIpc) is 3.00. The van der Waals surface area contributed by atoms with Gasteiger partial charge in [-0.05, 0) is 89.2 Å². The van der Waals surface area contributed by atoms with Crippen molar-refractivity contribution in [3.8, 4) is 39.1 Å². The van der Waals surface area contributed by atoms with Gasteiger partial charge < -0.3 is 4.74 Å². The molecule has 0 aliphatic rings. The molecule has 5 aromatic carbocycles. The SMILES string of the molecule is CCCCCc1ccc(C(F)(F)Oc2ccc(-c3ccc(-c4ccc(-c5cc(F)c(C(F)F)c(F)c5)c(F)c4)c(F)c3)cc2)c(F)c1. The summed E-state index contributed by atoms with van der Waals surface area (Å²) in [6.45, 7) is 2.03. The Hall–Kier alpha value is -4.73. The lowest BCUT2D eigenvalue weighted by atomic mass is 9.96. The molecule has 0 saturated carbocycles. The number of halogens is 9. The highest BCUT2D eigenvalue weighted by Crippen LogP contribution is 2.37. The number of aryl methyl sites for hydroxylation is 1. The molecule has 10 heteroatoms. The molecule has 0 aliphatic carbocycles. The normalized spacial score (nSPS) is 11.7. The lowest BCUT2D eigenvalue weighted by Gasteiger charge is -2.19. The van der Waals surface area contributed by atoms with E-state index in [4.69, 9.17) is 4.74 Å². The van der Waals surface area contributed by atoms with E-state index in [2.05, 4.69) is 0 Å². The number of unbranched alkanes of at least 4 members (excludes halogenated alkanes) is 2. The van der Waals surface area contributed by atoms with Crippen LogP contribution in [0.1, 0.15) is 49.3 Å². The Kier molecular flexibility index (Phi) is 9.98. The molecule has 0 heterocycles. The van der Waals surface area contributed by atoms with E-state index in [-0.39, 0.29) is 28.0 Å². The highest BCUT2D eigenvalue weighted by atomic mass is 19.3. The van der Waals surface area contributed by atoms with Crippen molar-refractivity contribution in [2.24, 2.45) is 0 Å². The van der Waals surface area contributed by atoms with Gasteiger partial charge in [0, 0.05) is 11.1 Å². The van der Waals surface area contributed by atoms with Crippen LogP contribution in [0.4, 0.5) is 39.5 Å². The summed E-state index contributed by atoms with van der Waals surface area (Å²) in [7, 11) is 0. The zero-order valence-corrected chi connectivity index (χ0v) is 24.9. The van der Waals surface area contributed by atoms with Crippen LogP contribution in [0.15, 0.2) is 91.0 Å². The van der Waals surface area contributed by atoms with E-state index in [1.807, 2.05) is 6.92 Å². The van der Waals surface area contributed by atoms with Crippen molar-refractivity contribution in [2.75, 3.05) is 0 Å². The van der Waals surface area contributed by atoms with Gasteiger partial charge in [-0.2, -0.15) is 8.78 Å². The molecular weight excluding hydrogens is 631 g/mol. The molecule has 0 bridgehead atoms. The molecule has 0 amide bonds. The van der Waals surface area contributed by atoms with Crippen LogP contribution in [0.2, 0.25) is 0 Å². The van der Waals surface area contributed by atoms with Crippen LogP contribution in [0, 0.1) is 29.1 Å². The Morgan fingerprint density at radius 3 is 1.70 bits per heavy atom. The van der Waals surface area contributed by atoms with Crippen LogP contribution in [-0.4, -0.2) is 0 Å². The third-order valence-corrected chi connectivity index (χ3v) is 7.71. The maximum absolute atomic E-state index is 15.2. The summed E-state index contributed by atoms with van der Waals surface area (Å²) in [6, 6.07) is 17.5. The number of benzene rings is 5. The van der Waals surface area contributed by atoms with Crippen LogP contribution in [0.3, 0.4) is 0 Å². The maximum atomic E-state index is 15.2. The molecule has 0 N–H and O–H groups in total. The van der Waals surface area contributed by atoms with Gasteiger partial charge >= 0.3 is 6.11 Å². The van der Waals surface area contributed by atoms with Crippen molar-refractivity contribution >= 4 is 0 Å². The summed E-state index contributed by atoms with van der Waals surface area (Å²) in [5.74, 6) is -6.09. The van der Waals surface area contributed by atoms with E-state index >= 15 is 4.39 Å². The van der Waals surface area contributed by atoms with E-state index in [0.29, 0.717) is 35.2 Å². The fourth-order valence-corrected chi connectivity index (χ4v) is 5.24. The van der Waals surface area contributed by atoms with E-state index < -0.39 is 52.7 Å². The topological polar surface area (TPSA) is 9.23 Å². The number of hydrogen-bond acceptors (Lipinski definition) is 1. The van der Waals surface area contributed by atoms with E-state index in [9.17, 15) is 35.1 Å². The number of rotatable bonds is 11. The molecule has 0 unspecified atom stereocenters. The van der Waals surface area contributed by atoms with Gasteiger partial charge in [-0.3, -0.25) is 0 Å². The first kappa shape index (κ1) is 33.6. The fourth-order valence-electron chi connectivity index (χ4n) is 5.24. The van der Waals surface area contributed by atoms with Crippen LogP contribution in [-0.2, 0) is 12.5 Å². The summed E-state index contributed by atoms with van der Waals surface area (Å²) >= 11 is 0. The van der Waals surface area contributed by atoms with E-state index in [0.717, 1.165) is 49.6 Å². The van der Waals surface area contributed by atoms with Crippen LogP contribution >= 0.6 is 0 Å². The quantitative estimate of drug-likeness (QED) is 0.101. The van der Waals surface area contributed by atoms with Crippen LogP contribution < -0.4 is 4.74 Å². The van der Waals surface area contributed by atoms with Gasteiger partial charge in [0.2, 0.25) is 0 Å². The van der Waals surface area contributed by atoms with Gasteiger partial charge in [0.1, 0.15) is 34.8 Å². The Labute approximate surface area is 265 Å². The van der Waals surface area contributed by atoms with Crippen molar-refractivity contribution in [3.63, 3.8) is 0 Å². The minimum atomic E-state index is -3.95. The molecule has 0 atom stereocenters. The van der Waals surface area contributed by atoms with Crippen molar-refractivity contribution in [1.29, 1.82) is 0 Å². The third kappa shape index (κ3) is 7.48. The zero-order valence-electron chi connectivity index (χ0n) is 24.9. The Morgan fingerprint density at radius 1 is 0.574 bits per heavy atom. The monoisotopic (exact) mass is 658 g/mol. The number of alkyl halides is 4. The third-order valence-electron chi connectivity index (χ3n) is 7.71. The molecule has 0 aliphatic heterocycles. The molecule has 0 saturated heterocycles. The van der Waals surface area contributed by atoms with Gasteiger partial charge in [-0.15, -0.1) is 0 Å². The summed E-state index contributed by atoms with van der Waals surface area (Å²) in [6.07, 6.45) is -4.02. The van der Waals surface area contributed by atoms with Crippen LogP contribution in [0.5, 0.6) is 5.75 Å². The van der Waals surface area contributed by atoms with Crippen molar-refractivity contribution < 1.29 is 44.3 Å². The van der Waals surface area contributed by atoms with Crippen LogP contribution in [0.25, 0.3) is 33.4 Å². The largest absolute Gasteiger partial charge is 0.429 e. The summed E-state index contributed by atoms with van der Waals surface area (Å²) in [5.41, 5.74) is -1.41. The smallest absolute Gasteiger partial charge is 0.429 e. The summed E-state index contributed by atoms with van der Waals surface area (Å²) < 4.78 is 133. The predicted molar refractivity (Wildman–Crippen MR) is 162 cm³/mol. The standard InChI is InChI=1S/C37H27F9O/c1-2-3-4-5-21-6-15-29(32(40)16-21)37(45,46)47-26-11-7-22(8-12-26)23-9-13-27(30(38)17-23)24-10-14-28(31(39)18-24)25-19-33(41)35(36(43)44)34(42)20-25/h6-20,36H,2-5H2,1H3. The zero-order chi connectivity index (χ0) is 33.9. The fraction of sp³-hybridized carbons (Fsp3) is 0.189. The lowest BCUT2D eigenvalue weighted by Crippen LogP contribution is -2.23. The molecule has 0 radical (unpaired) electrons. The molecule has 244 valence electrons. The first-order valence-electron chi connectivity index (χ1n) is 14.7. The molecule has 5 aromatic rings. The molecular formula is C37H27F9O. The number of hydrogen-bond donors (Lipinski definition) is 0. The van der Waals surface area contributed by atoms with Gasteiger partial charge in [-0.1, -0.05) is 62.2 Å². The minimum absolute atomic E-state index is 0.0115.